The summed E-state index contributed by atoms with van der Waals surface area (Å²) in [7, 11) is 0. The van der Waals surface area contributed by atoms with E-state index in [4.69, 9.17) is 20.8 Å². The number of esters is 1. The quantitative estimate of drug-likeness (QED) is 0.310. The summed E-state index contributed by atoms with van der Waals surface area (Å²) in [6.45, 7) is 3.69. The van der Waals surface area contributed by atoms with E-state index in [1.807, 2.05) is 13.8 Å². The lowest BCUT2D eigenvalue weighted by atomic mass is 9.88. The Hall–Kier alpha value is -3.26. The average Bonchev–Trinajstić information content (AvgIpc) is 3.17. The van der Waals surface area contributed by atoms with Crippen LogP contribution in [0.2, 0.25) is 5.02 Å². The normalized spacial score (nSPS) is 12.0. The highest BCUT2D eigenvalue weighted by Crippen LogP contribution is 2.28. The fraction of sp³-hybridized carbons (Fsp3) is 0.250. The molecule has 8 nitrogen and oxygen atoms in total. The maximum absolute atomic E-state index is 12.6. The van der Waals surface area contributed by atoms with Crippen molar-refractivity contribution in [2.45, 2.75) is 26.4 Å². The lowest BCUT2D eigenvalue weighted by Crippen LogP contribution is -2.20. The summed E-state index contributed by atoms with van der Waals surface area (Å²) in [5.74, 6) is -0.529. The number of benzene rings is 2. The minimum atomic E-state index is -0.492. The van der Waals surface area contributed by atoms with Crippen LogP contribution in [-0.4, -0.2) is 21.1 Å². The smallest absolute Gasteiger partial charge is 0.314 e. The first-order chi connectivity index (χ1) is 13.8. The lowest BCUT2D eigenvalue weighted by molar-refractivity contribution is -0.384. The molecular formula is C20H18ClN3O5. The number of hydrogen-bond acceptors (Lipinski definition) is 7. The zero-order valence-corrected chi connectivity index (χ0v) is 16.5. The van der Waals surface area contributed by atoms with Gasteiger partial charge in [-0.25, -0.2) is 0 Å². The highest BCUT2D eigenvalue weighted by Gasteiger charge is 2.26. The van der Waals surface area contributed by atoms with Crippen molar-refractivity contribution in [2.75, 3.05) is 0 Å². The molecule has 3 rings (SSSR count). The Kier molecular flexibility index (Phi) is 6.23. The number of nitrogens with zero attached hydrogens (tertiary/aromatic N) is 3. The molecule has 1 aromatic heterocycles. The van der Waals surface area contributed by atoms with Gasteiger partial charge in [0.1, 0.15) is 0 Å². The molecule has 0 unspecified atom stereocenters. The van der Waals surface area contributed by atoms with Crippen molar-refractivity contribution in [2.24, 2.45) is 5.92 Å². The monoisotopic (exact) mass is 415 g/mol. The predicted molar refractivity (Wildman–Crippen MR) is 105 cm³/mol. The van der Waals surface area contributed by atoms with Crippen LogP contribution in [-0.2, 0) is 16.1 Å². The summed E-state index contributed by atoms with van der Waals surface area (Å²) in [6.07, 6.45) is 0. The van der Waals surface area contributed by atoms with Gasteiger partial charge < -0.3 is 9.15 Å². The number of nitro groups is 1. The van der Waals surface area contributed by atoms with Crippen LogP contribution < -0.4 is 0 Å². The van der Waals surface area contributed by atoms with E-state index in [1.165, 1.54) is 24.3 Å². The van der Waals surface area contributed by atoms with Crippen LogP contribution in [0.25, 0.3) is 11.5 Å². The number of carbonyl (C=O) groups excluding carboxylic acids is 1. The molecule has 0 N–H and O–H groups in total. The van der Waals surface area contributed by atoms with Crippen LogP contribution in [0.4, 0.5) is 5.69 Å². The van der Waals surface area contributed by atoms with Gasteiger partial charge in [0, 0.05) is 22.7 Å². The van der Waals surface area contributed by atoms with Crippen molar-refractivity contribution in [3.8, 4) is 11.5 Å². The van der Waals surface area contributed by atoms with Gasteiger partial charge in [0.05, 0.1) is 10.8 Å². The molecule has 0 bridgehead atoms. The second-order valence-electron chi connectivity index (χ2n) is 6.69. The molecule has 0 amide bonds. The molecule has 9 heteroatoms. The molecular weight excluding hydrogens is 398 g/mol. The predicted octanol–water partition coefficient (Wildman–Crippen LogP) is 4.78. The number of halogens is 1. The highest BCUT2D eigenvalue weighted by atomic mass is 35.5. The van der Waals surface area contributed by atoms with Crippen LogP contribution in [0.3, 0.4) is 0 Å². The topological polar surface area (TPSA) is 108 Å². The van der Waals surface area contributed by atoms with E-state index >= 15 is 0 Å². The maximum Gasteiger partial charge on any atom is 0.314 e. The van der Waals surface area contributed by atoms with Crippen LogP contribution in [0.1, 0.15) is 31.2 Å². The van der Waals surface area contributed by atoms with E-state index in [9.17, 15) is 14.9 Å². The van der Waals surface area contributed by atoms with Gasteiger partial charge in [-0.15, -0.1) is 10.2 Å². The van der Waals surface area contributed by atoms with E-state index in [2.05, 4.69) is 10.2 Å². The number of hydrogen-bond donors (Lipinski definition) is 0. The molecule has 2 aromatic carbocycles. The number of non-ortho nitro benzene ring substituents is 1. The SMILES string of the molecule is CC(C)[C@H](C(=O)OCc1nnc(-c2ccc([N+](=O)[O-])cc2)o1)c1ccc(Cl)cc1. The van der Waals surface area contributed by atoms with E-state index in [1.54, 1.807) is 24.3 Å². The Morgan fingerprint density at radius 1 is 1.14 bits per heavy atom. The molecule has 29 heavy (non-hydrogen) atoms. The van der Waals surface area contributed by atoms with Crippen LogP contribution >= 0.6 is 11.6 Å². The molecule has 1 heterocycles. The van der Waals surface area contributed by atoms with Crippen molar-refractivity contribution >= 4 is 23.3 Å². The molecule has 3 aromatic rings. The maximum atomic E-state index is 12.6. The minimum Gasteiger partial charge on any atom is -0.455 e. The van der Waals surface area contributed by atoms with Crippen LogP contribution in [0, 0.1) is 16.0 Å². The van der Waals surface area contributed by atoms with Crippen LogP contribution in [0.5, 0.6) is 0 Å². The summed E-state index contributed by atoms with van der Waals surface area (Å²) in [5.41, 5.74) is 1.30. The van der Waals surface area contributed by atoms with E-state index in [-0.39, 0.29) is 30.0 Å². The Balaban J connectivity index is 1.67. The van der Waals surface area contributed by atoms with Crippen LogP contribution in [0.15, 0.2) is 52.9 Å². The van der Waals surface area contributed by atoms with E-state index < -0.39 is 16.8 Å². The summed E-state index contributed by atoms with van der Waals surface area (Å²) in [5, 5.41) is 19.1. The fourth-order valence-corrected chi connectivity index (χ4v) is 2.97. The Morgan fingerprint density at radius 3 is 2.38 bits per heavy atom. The molecule has 0 spiro atoms. The van der Waals surface area contributed by atoms with Gasteiger partial charge in [-0.3, -0.25) is 14.9 Å². The number of rotatable bonds is 7. The van der Waals surface area contributed by atoms with E-state index in [0.29, 0.717) is 10.6 Å². The largest absolute Gasteiger partial charge is 0.455 e. The highest BCUT2D eigenvalue weighted by molar-refractivity contribution is 6.30. The van der Waals surface area contributed by atoms with Crippen molar-refractivity contribution < 1.29 is 18.9 Å². The van der Waals surface area contributed by atoms with Gasteiger partial charge in [-0.05, 0) is 35.7 Å². The van der Waals surface area contributed by atoms with Crippen molar-refractivity contribution in [3.63, 3.8) is 0 Å². The zero-order valence-electron chi connectivity index (χ0n) is 15.7. The number of aromatic nitrogens is 2. The third-order valence-corrected chi connectivity index (χ3v) is 4.53. The molecule has 0 saturated carbocycles. The first-order valence-electron chi connectivity index (χ1n) is 8.84. The van der Waals surface area contributed by atoms with Gasteiger partial charge in [-0.2, -0.15) is 0 Å². The second kappa shape index (κ2) is 8.83. The summed E-state index contributed by atoms with van der Waals surface area (Å²) < 4.78 is 10.9. The zero-order chi connectivity index (χ0) is 21.0. The van der Waals surface area contributed by atoms with Crippen molar-refractivity contribution in [1.82, 2.24) is 10.2 Å². The molecule has 0 fully saturated rings. The Morgan fingerprint density at radius 2 is 1.79 bits per heavy atom. The second-order valence-corrected chi connectivity index (χ2v) is 7.12. The molecule has 0 aliphatic carbocycles. The van der Waals surface area contributed by atoms with Gasteiger partial charge >= 0.3 is 5.97 Å². The fourth-order valence-electron chi connectivity index (χ4n) is 2.84. The molecule has 0 aliphatic heterocycles. The number of nitro benzene ring substituents is 1. The van der Waals surface area contributed by atoms with Gasteiger partial charge in [0.2, 0.25) is 5.89 Å². The lowest BCUT2D eigenvalue weighted by Gasteiger charge is -2.19. The first kappa shape index (κ1) is 20.5. The molecule has 0 saturated heterocycles. The Bertz CT molecular complexity index is 1000. The van der Waals surface area contributed by atoms with Gasteiger partial charge in [0.25, 0.3) is 11.6 Å². The number of ether oxygens (including phenoxy) is 1. The van der Waals surface area contributed by atoms with E-state index in [0.717, 1.165) is 5.56 Å². The summed E-state index contributed by atoms with van der Waals surface area (Å²) in [6, 6.07) is 12.8. The first-order valence-corrected chi connectivity index (χ1v) is 9.22. The number of carbonyl (C=O) groups is 1. The van der Waals surface area contributed by atoms with Gasteiger partial charge in [-0.1, -0.05) is 37.6 Å². The Labute approximate surface area is 171 Å². The molecule has 150 valence electrons. The van der Waals surface area contributed by atoms with Crippen molar-refractivity contribution in [3.05, 3.63) is 75.1 Å². The third-order valence-electron chi connectivity index (χ3n) is 4.28. The average molecular weight is 416 g/mol. The van der Waals surface area contributed by atoms with Crippen molar-refractivity contribution in [1.29, 1.82) is 0 Å². The molecule has 1 atom stereocenters. The molecule has 0 radical (unpaired) electrons. The standard InChI is InChI=1S/C20H18ClN3O5/c1-12(2)18(13-3-7-15(21)8-4-13)20(25)28-11-17-22-23-19(29-17)14-5-9-16(10-6-14)24(26)27/h3-10,12,18H,11H2,1-2H3/t18-/m0/s1. The minimum absolute atomic E-state index is 0.0158. The summed E-state index contributed by atoms with van der Waals surface area (Å²) >= 11 is 5.92. The van der Waals surface area contributed by atoms with Gasteiger partial charge in [0.15, 0.2) is 6.61 Å². The molecule has 0 aliphatic rings. The summed E-state index contributed by atoms with van der Waals surface area (Å²) in [4.78, 5) is 22.8. The third kappa shape index (κ3) is 4.97.